The minimum atomic E-state index is -0.476. The van der Waals surface area contributed by atoms with Crippen molar-refractivity contribution in [3.05, 3.63) is 33.9 Å². The summed E-state index contributed by atoms with van der Waals surface area (Å²) in [6.45, 7) is 4.48. The molecule has 0 aliphatic rings. The van der Waals surface area contributed by atoms with Crippen LogP contribution in [-0.2, 0) is 6.61 Å². The fourth-order valence-electron chi connectivity index (χ4n) is 1.99. The van der Waals surface area contributed by atoms with E-state index in [0.717, 1.165) is 5.69 Å². The minimum absolute atomic E-state index is 0.0290. The van der Waals surface area contributed by atoms with Gasteiger partial charge in [-0.3, -0.25) is 10.1 Å². The fraction of sp³-hybridized carbons (Fsp3) is 0.538. The normalized spacial score (nSPS) is 10.8. The van der Waals surface area contributed by atoms with Crippen LogP contribution in [0.3, 0.4) is 0 Å². The third-order valence-electron chi connectivity index (χ3n) is 2.93. The number of nitro groups is 1. The van der Waals surface area contributed by atoms with Crippen molar-refractivity contribution in [2.45, 2.75) is 32.9 Å². The van der Waals surface area contributed by atoms with Crippen molar-refractivity contribution in [2.24, 2.45) is 0 Å². The summed E-state index contributed by atoms with van der Waals surface area (Å²) in [6.07, 6.45) is 0.611. The molecule has 6 heteroatoms. The Kier molecular flexibility index (Phi) is 5.72. The second-order valence-electron chi connectivity index (χ2n) is 4.59. The first-order chi connectivity index (χ1) is 9.01. The summed E-state index contributed by atoms with van der Waals surface area (Å²) in [5, 5.41) is 29.0. The van der Waals surface area contributed by atoms with Gasteiger partial charge < -0.3 is 15.1 Å². The molecule has 106 valence electrons. The van der Waals surface area contributed by atoms with E-state index >= 15 is 0 Å². The molecule has 0 fully saturated rings. The SMILES string of the molecule is CC(C)N(CCCO)c1ccc([N+](=O)[O-])cc1CO. The van der Waals surface area contributed by atoms with E-state index in [1.807, 2.05) is 18.7 Å². The summed E-state index contributed by atoms with van der Waals surface area (Å²) in [7, 11) is 0. The average Bonchev–Trinajstić information content (AvgIpc) is 2.38. The van der Waals surface area contributed by atoms with Crippen molar-refractivity contribution >= 4 is 11.4 Å². The lowest BCUT2D eigenvalue weighted by atomic mass is 10.1. The number of nitrogens with zero attached hydrogens (tertiary/aromatic N) is 2. The van der Waals surface area contributed by atoms with E-state index < -0.39 is 4.92 Å². The van der Waals surface area contributed by atoms with Gasteiger partial charge in [-0.25, -0.2) is 0 Å². The molecule has 6 nitrogen and oxygen atoms in total. The molecule has 0 aromatic heterocycles. The molecule has 0 amide bonds. The van der Waals surface area contributed by atoms with Gasteiger partial charge in [0.25, 0.3) is 5.69 Å². The van der Waals surface area contributed by atoms with Crippen molar-refractivity contribution < 1.29 is 15.1 Å². The summed E-state index contributed by atoms with van der Waals surface area (Å²) in [5.74, 6) is 0. The molecule has 0 saturated heterocycles. The zero-order valence-corrected chi connectivity index (χ0v) is 11.2. The summed E-state index contributed by atoms with van der Waals surface area (Å²) < 4.78 is 0. The van der Waals surface area contributed by atoms with Gasteiger partial charge in [0.2, 0.25) is 0 Å². The van der Waals surface area contributed by atoms with Crippen molar-refractivity contribution in [3.8, 4) is 0 Å². The maximum absolute atomic E-state index is 10.7. The smallest absolute Gasteiger partial charge is 0.269 e. The quantitative estimate of drug-likeness (QED) is 0.580. The van der Waals surface area contributed by atoms with Crippen molar-refractivity contribution in [2.75, 3.05) is 18.1 Å². The molecule has 0 radical (unpaired) electrons. The third-order valence-corrected chi connectivity index (χ3v) is 2.93. The van der Waals surface area contributed by atoms with Gasteiger partial charge in [0, 0.05) is 42.6 Å². The first-order valence-electron chi connectivity index (χ1n) is 6.27. The molecule has 0 heterocycles. The van der Waals surface area contributed by atoms with E-state index in [4.69, 9.17) is 5.11 Å². The van der Waals surface area contributed by atoms with Crippen LogP contribution in [0.2, 0.25) is 0 Å². The maximum atomic E-state index is 10.7. The number of anilines is 1. The van der Waals surface area contributed by atoms with Crippen LogP contribution < -0.4 is 4.90 Å². The highest BCUT2D eigenvalue weighted by molar-refractivity contribution is 5.58. The Bertz CT molecular complexity index is 435. The molecular weight excluding hydrogens is 248 g/mol. The number of aliphatic hydroxyl groups excluding tert-OH is 2. The summed E-state index contributed by atoms with van der Waals surface area (Å²) in [6, 6.07) is 4.66. The van der Waals surface area contributed by atoms with Crippen LogP contribution in [0.1, 0.15) is 25.8 Å². The van der Waals surface area contributed by atoms with E-state index in [9.17, 15) is 15.2 Å². The van der Waals surface area contributed by atoms with E-state index in [-0.39, 0.29) is 24.9 Å². The number of aliphatic hydroxyl groups is 2. The van der Waals surface area contributed by atoms with Crippen LogP contribution >= 0.6 is 0 Å². The zero-order valence-electron chi connectivity index (χ0n) is 11.2. The second kappa shape index (κ2) is 7.06. The van der Waals surface area contributed by atoms with Crippen molar-refractivity contribution in [1.29, 1.82) is 0 Å². The Morgan fingerprint density at radius 2 is 2.05 bits per heavy atom. The zero-order chi connectivity index (χ0) is 14.4. The third kappa shape index (κ3) is 3.90. The van der Waals surface area contributed by atoms with Gasteiger partial charge in [0.15, 0.2) is 0 Å². The second-order valence-corrected chi connectivity index (χ2v) is 4.59. The Morgan fingerprint density at radius 3 is 2.53 bits per heavy atom. The maximum Gasteiger partial charge on any atom is 0.269 e. The van der Waals surface area contributed by atoms with Gasteiger partial charge in [0.1, 0.15) is 0 Å². The molecule has 0 bridgehead atoms. The van der Waals surface area contributed by atoms with Gasteiger partial charge >= 0.3 is 0 Å². The number of nitro benzene ring substituents is 1. The van der Waals surface area contributed by atoms with E-state index in [1.54, 1.807) is 6.07 Å². The van der Waals surface area contributed by atoms with E-state index in [2.05, 4.69) is 0 Å². The van der Waals surface area contributed by atoms with Crippen molar-refractivity contribution in [3.63, 3.8) is 0 Å². The summed E-state index contributed by atoms with van der Waals surface area (Å²) >= 11 is 0. The lowest BCUT2D eigenvalue weighted by Crippen LogP contribution is -2.33. The Hall–Kier alpha value is -1.66. The number of hydrogen-bond donors (Lipinski definition) is 2. The predicted molar refractivity (Wildman–Crippen MR) is 73.2 cm³/mol. The first-order valence-corrected chi connectivity index (χ1v) is 6.27. The van der Waals surface area contributed by atoms with Crippen LogP contribution in [0.4, 0.5) is 11.4 Å². The molecule has 19 heavy (non-hydrogen) atoms. The molecule has 0 saturated carbocycles. The van der Waals surface area contributed by atoms with Gasteiger partial charge in [-0.2, -0.15) is 0 Å². The molecule has 1 aromatic rings. The molecule has 0 aliphatic heterocycles. The van der Waals surface area contributed by atoms with Crippen LogP contribution in [0.15, 0.2) is 18.2 Å². The van der Waals surface area contributed by atoms with Crippen molar-refractivity contribution in [1.82, 2.24) is 0 Å². The van der Waals surface area contributed by atoms with Crippen LogP contribution in [0.25, 0.3) is 0 Å². The molecule has 0 spiro atoms. The Labute approximate surface area is 112 Å². The molecule has 1 aromatic carbocycles. The van der Waals surface area contributed by atoms with E-state index in [1.165, 1.54) is 12.1 Å². The predicted octanol–water partition coefficient (Wildman–Crippen LogP) is 1.68. The standard InChI is InChI=1S/C13H20N2O4/c1-10(2)14(6-3-7-16)13-5-4-12(15(18)19)8-11(13)9-17/h4-5,8,10,16-17H,3,6-7,9H2,1-2H3. The average molecular weight is 268 g/mol. The molecule has 0 atom stereocenters. The lowest BCUT2D eigenvalue weighted by Gasteiger charge is -2.30. The Morgan fingerprint density at radius 1 is 1.37 bits per heavy atom. The van der Waals surface area contributed by atoms with E-state index in [0.29, 0.717) is 18.5 Å². The number of rotatable bonds is 7. The van der Waals surface area contributed by atoms with Gasteiger partial charge in [-0.15, -0.1) is 0 Å². The van der Waals surface area contributed by atoms with Crippen LogP contribution in [-0.4, -0.2) is 34.3 Å². The molecule has 0 unspecified atom stereocenters. The topological polar surface area (TPSA) is 86.8 Å². The number of hydrogen-bond acceptors (Lipinski definition) is 5. The fourth-order valence-corrected chi connectivity index (χ4v) is 1.99. The number of non-ortho nitro benzene ring substituents is 1. The summed E-state index contributed by atoms with van der Waals surface area (Å²) in [5.41, 5.74) is 1.27. The highest BCUT2D eigenvalue weighted by atomic mass is 16.6. The minimum Gasteiger partial charge on any atom is -0.396 e. The first kappa shape index (κ1) is 15.4. The Balaban J connectivity index is 3.11. The van der Waals surface area contributed by atoms with Crippen LogP contribution in [0.5, 0.6) is 0 Å². The van der Waals surface area contributed by atoms with Gasteiger partial charge in [0.05, 0.1) is 11.5 Å². The van der Waals surface area contributed by atoms with Crippen LogP contribution in [0, 0.1) is 10.1 Å². The van der Waals surface area contributed by atoms with Gasteiger partial charge in [-0.1, -0.05) is 0 Å². The molecule has 1 rings (SSSR count). The highest BCUT2D eigenvalue weighted by Gasteiger charge is 2.17. The highest BCUT2D eigenvalue weighted by Crippen LogP contribution is 2.27. The summed E-state index contributed by atoms with van der Waals surface area (Å²) in [4.78, 5) is 12.3. The lowest BCUT2D eigenvalue weighted by molar-refractivity contribution is -0.384. The van der Waals surface area contributed by atoms with Gasteiger partial charge in [-0.05, 0) is 26.3 Å². The molecule has 0 aliphatic carbocycles. The number of benzene rings is 1. The largest absolute Gasteiger partial charge is 0.396 e. The molecule has 2 N–H and O–H groups in total. The molecular formula is C13H20N2O4. The monoisotopic (exact) mass is 268 g/mol.